The molecule has 1 aliphatic rings. The van der Waals surface area contributed by atoms with E-state index >= 15 is 0 Å². The van der Waals surface area contributed by atoms with Crippen LogP contribution in [0.3, 0.4) is 0 Å². The number of carbonyl (C=O) groups excluding carboxylic acids is 3. The highest BCUT2D eigenvalue weighted by molar-refractivity contribution is 14.1. The standard InChI is InChI=1S/C32H24BrIN2O5/c1-2-40-28-19-22(18-27(34)29(28)41-20-21-13-15-23(33)16-14-21)17-26-30(37)35(24-9-5-3-6-10-24)32(39)36(31(26)38)25-11-7-4-8-12-25/h3-19H,2,20H2,1H3. The number of benzene rings is 4. The van der Waals surface area contributed by atoms with Crippen LogP contribution in [0.4, 0.5) is 16.2 Å². The number of amides is 4. The molecular weight excluding hydrogens is 699 g/mol. The molecule has 9 heteroatoms. The molecule has 4 aromatic carbocycles. The summed E-state index contributed by atoms with van der Waals surface area (Å²) in [5, 5.41) is 0. The van der Waals surface area contributed by atoms with E-state index < -0.39 is 17.8 Å². The Bertz CT molecular complexity index is 1560. The number of hydrogen-bond acceptors (Lipinski definition) is 5. The maximum Gasteiger partial charge on any atom is 0.343 e. The minimum Gasteiger partial charge on any atom is -0.490 e. The topological polar surface area (TPSA) is 76.2 Å². The second-order valence-corrected chi connectivity index (χ2v) is 11.0. The van der Waals surface area contributed by atoms with Gasteiger partial charge >= 0.3 is 6.03 Å². The van der Waals surface area contributed by atoms with Gasteiger partial charge in [-0.3, -0.25) is 9.59 Å². The van der Waals surface area contributed by atoms with Crippen molar-refractivity contribution in [2.45, 2.75) is 13.5 Å². The van der Waals surface area contributed by atoms with Gasteiger partial charge in [0.05, 0.1) is 21.6 Å². The molecule has 206 valence electrons. The van der Waals surface area contributed by atoms with Crippen LogP contribution >= 0.6 is 38.5 Å². The van der Waals surface area contributed by atoms with Crippen molar-refractivity contribution in [3.05, 3.63) is 122 Å². The van der Waals surface area contributed by atoms with Gasteiger partial charge in [0.1, 0.15) is 12.2 Å². The molecule has 0 spiro atoms. The SMILES string of the molecule is CCOc1cc(C=C2C(=O)N(c3ccccc3)C(=O)N(c3ccccc3)C2=O)cc(I)c1OCc1ccc(Br)cc1. The second-order valence-electron chi connectivity index (χ2n) is 8.97. The number of halogens is 2. The van der Waals surface area contributed by atoms with E-state index in [1.165, 1.54) is 6.08 Å². The van der Waals surface area contributed by atoms with E-state index in [0.717, 1.165) is 23.4 Å². The lowest BCUT2D eigenvalue weighted by Crippen LogP contribution is -2.57. The van der Waals surface area contributed by atoms with Crippen LogP contribution in [-0.2, 0) is 16.2 Å². The smallest absolute Gasteiger partial charge is 0.343 e. The first kappa shape index (κ1) is 28.6. The van der Waals surface area contributed by atoms with Gasteiger partial charge in [0.2, 0.25) is 0 Å². The Balaban J connectivity index is 1.55. The molecule has 5 rings (SSSR count). The first-order chi connectivity index (χ1) is 19.9. The third-order valence-corrected chi connectivity index (χ3v) is 7.55. The fourth-order valence-electron chi connectivity index (χ4n) is 4.32. The van der Waals surface area contributed by atoms with Crippen molar-refractivity contribution in [2.24, 2.45) is 0 Å². The summed E-state index contributed by atoms with van der Waals surface area (Å²) in [5.74, 6) is -0.371. The minimum absolute atomic E-state index is 0.154. The molecule has 0 radical (unpaired) electrons. The fourth-order valence-corrected chi connectivity index (χ4v) is 5.36. The molecule has 7 nitrogen and oxygen atoms in total. The Kier molecular flexibility index (Phi) is 8.84. The number of nitrogens with zero attached hydrogens (tertiary/aromatic N) is 2. The molecule has 41 heavy (non-hydrogen) atoms. The fraction of sp³-hybridized carbons (Fsp3) is 0.0938. The number of ether oxygens (including phenoxy) is 2. The lowest BCUT2D eigenvalue weighted by Gasteiger charge is -2.34. The van der Waals surface area contributed by atoms with Crippen LogP contribution in [0.25, 0.3) is 6.08 Å². The molecular formula is C32H24BrIN2O5. The molecule has 0 N–H and O–H groups in total. The van der Waals surface area contributed by atoms with Gasteiger partial charge in [0.25, 0.3) is 11.8 Å². The van der Waals surface area contributed by atoms with Crippen LogP contribution in [-0.4, -0.2) is 24.5 Å². The maximum atomic E-state index is 13.7. The molecule has 1 heterocycles. The van der Waals surface area contributed by atoms with Crippen molar-refractivity contribution >= 4 is 73.8 Å². The lowest BCUT2D eigenvalue weighted by molar-refractivity contribution is -0.121. The zero-order valence-electron chi connectivity index (χ0n) is 21.9. The lowest BCUT2D eigenvalue weighted by atomic mass is 10.0. The number of carbonyl (C=O) groups is 3. The van der Waals surface area contributed by atoms with Gasteiger partial charge in [0.15, 0.2) is 11.5 Å². The average Bonchev–Trinajstić information content (AvgIpc) is 2.97. The quantitative estimate of drug-likeness (QED) is 0.106. The Hall–Kier alpha value is -3.96. The second kappa shape index (κ2) is 12.7. The van der Waals surface area contributed by atoms with E-state index in [0.29, 0.717) is 41.7 Å². The third kappa shape index (κ3) is 6.20. The summed E-state index contributed by atoms with van der Waals surface area (Å²) >= 11 is 5.59. The van der Waals surface area contributed by atoms with Crippen molar-refractivity contribution in [1.82, 2.24) is 0 Å². The highest BCUT2D eigenvalue weighted by Crippen LogP contribution is 2.37. The van der Waals surface area contributed by atoms with Gasteiger partial charge in [0, 0.05) is 4.47 Å². The summed E-state index contributed by atoms with van der Waals surface area (Å²) < 4.78 is 13.7. The van der Waals surface area contributed by atoms with Crippen LogP contribution in [0.2, 0.25) is 0 Å². The number of imide groups is 2. The number of urea groups is 1. The molecule has 0 saturated carbocycles. The van der Waals surface area contributed by atoms with E-state index in [9.17, 15) is 14.4 Å². The van der Waals surface area contributed by atoms with Gasteiger partial charge in [-0.15, -0.1) is 0 Å². The van der Waals surface area contributed by atoms with Crippen LogP contribution < -0.4 is 19.3 Å². The van der Waals surface area contributed by atoms with Crippen LogP contribution in [0.5, 0.6) is 11.5 Å². The Labute approximate surface area is 259 Å². The molecule has 0 unspecified atom stereocenters. The Morgan fingerprint density at radius 2 is 1.34 bits per heavy atom. The Morgan fingerprint density at radius 1 is 0.780 bits per heavy atom. The molecule has 0 aromatic heterocycles. The normalized spacial score (nSPS) is 13.4. The number of rotatable bonds is 8. The summed E-state index contributed by atoms with van der Waals surface area (Å²) in [6, 6.07) is 27.7. The third-order valence-electron chi connectivity index (χ3n) is 6.22. The van der Waals surface area contributed by atoms with Crippen molar-refractivity contribution < 1.29 is 23.9 Å². The van der Waals surface area contributed by atoms with Crippen molar-refractivity contribution in [1.29, 1.82) is 0 Å². The van der Waals surface area contributed by atoms with Gasteiger partial charge in [-0.05, 0) is 95.2 Å². The van der Waals surface area contributed by atoms with E-state index in [1.54, 1.807) is 66.7 Å². The number of para-hydroxylation sites is 2. The molecule has 1 fully saturated rings. The predicted molar refractivity (Wildman–Crippen MR) is 170 cm³/mol. The van der Waals surface area contributed by atoms with Gasteiger partial charge in [-0.1, -0.05) is 64.5 Å². The first-order valence-electron chi connectivity index (χ1n) is 12.8. The summed E-state index contributed by atoms with van der Waals surface area (Å²) in [5.41, 5.74) is 2.12. The van der Waals surface area contributed by atoms with E-state index in [2.05, 4.69) is 38.5 Å². The van der Waals surface area contributed by atoms with Crippen molar-refractivity contribution in [2.75, 3.05) is 16.4 Å². The Morgan fingerprint density at radius 3 is 1.88 bits per heavy atom. The molecule has 0 bridgehead atoms. The van der Waals surface area contributed by atoms with Crippen LogP contribution in [0, 0.1) is 3.57 Å². The molecule has 1 saturated heterocycles. The van der Waals surface area contributed by atoms with Gasteiger partial charge in [-0.25, -0.2) is 14.6 Å². The zero-order valence-corrected chi connectivity index (χ0v) is 25.7. The van der Waals surface area contributed by atoms with Crippen LogP contribution in [0.15, 0.2) is 107 Å². The summed E-state index contributed by atoms with van der Waals surface area (Å²) in [6.45, 7) is 2.59. The van der Waals surface area contributed by atoms with Crippen molar-refractivity contribution in [3.8, 4) is 11.5 Å². The number of anilines is 2. The number of barbiturate groups is 1. The van der Waals surface area contributed by atoms with Crippen molar-refractivity contribution in [3.63, 3.8) is 0 Å². The predicted octanol–water partition coefficient (Wildman–Crippen LogP) is 7.61. The van der Waals surface area contributed by atoms with E-state index in [-0.39, 0.29) is 5.57 Å². The highest BCUT2D eigenvalue weighted by Gasteiger charge is 2.43. The maximum absolute atomic E-state index is 13.7. The van der Waals surface area contributed by atoms with Crippen LogP contribution in [0.1, 0.15) is 18.1 Å². The molecule has 4 amide bonds. The molecule has 4 aromatic rings. The first-order valence-corrected chi connectivity index (χ1v) is 14.6. The zero-order chi connectivity index (χ0) is 28.9. The highest BCUT2D eigenvalue weighted by atomic mass is 127. The summed E-state index contributed by atoms with van der Waals surface area (Å²) in [6.07, 6.45) is 1.49. The largest absolute Gasteiger partial charge is 0.490 e. The molecule has 0 aliphatic carbocycles. The average molecular weight is 723 g/mol. The minimum atomic E-state index is -0.740. The van der Waals surface area contributed by atoms with Gasteiger partial charge < -0.3 is 9.47 Å². The number of hydrogen-bond donors (Lipinski definition) is 0. The summed E-state index contributed by atoms with van der Waals surface area (Å²) in [7, 11) is 0. The van der Waals surface area contributed by atoms with E-state index in [4.69, 9.17) is 9.47 Å². The molecule has 0 atom stereocenters. The van der Waals surface area contributed by atoms with E-state index in [1.807, 2.05) is 37.3 Å². The van der Waals surface area contributed by atoms with Gasteiger partial charge in [-0.2, -0.15) is 0 Å². The summed E-state index contributed by atoms with van der Waals surface area (Å²) in [4.78, 5) is 43.0. The monoisotopic (exact) mass is 722 g/mol. The molecule has 1 aliphatic heterocycles.